The standard InChI is InChI=1S/C16H20N2/c1-11-7-8-14(12(2)9-11)15-10-18-13(3)5-4-6-16(18)17-15/h7-10,13H,4-6H2,1-3H3. The summed E-state index contributed by atoms with van der Waals surface area (Å²) in [6.45, 7) is 6.59. The molecule has 0 aliphatic carbocycles. The topological polar surface area (TPSA) is 17.8 Å². The zero-order chi connectivity index (χ0) is 12.7. The molecule has 2 heterocycles. The van der Waals surface area contributed by atoms with Crippen LogP contribution in [0.1, 0.15) is 42.8 Å². The first-order valence-corrected chi connectivity index (χ1v) is 6.80. The molecular formula is C16H20N2. The van der Waals surface area contributed by atoms with E-state index in [4.69, 9.17) is 4.98 Å². The molecule has 0 spiro atoms. The molecule has 0 N–H and O–H groups in total. The zero-order valence-corrected chi connectivity index (χ0v) is 11.4. The number of hydrogen-bond acceptors (Lipinski definition) is 1. The number of benzene rings is 1. The molecule has 1 aliphatic heterocycles. The van der Waals surface area contributed by atoms with Gasteiger partial charge in [0.05, 0.1) is 5.69 Å². The molecule has 0 bridgehead atoms. The minimum absolute atomic E-state index is 0.598. The normalized spacial score (nSPS) is 18.7. The van der Waals surface area contributed by atoms with E-state index in [9.17, 15) is 0 Å². The van der Waals surface area contributed by atoms with E-state index in [2.05, 4.69) is 49.7 Å². The van der Waals surface area contributed by atoms with E-state index in [-0.39, 0.29) is 0 Å². The fraction of sp³-hybridized carbons (Fsp3) is 0.438. The van der Waals surface area contributed by atoms with E-state index in [1.165, 1.54) is 35.4 Å². The summed E-state index contributed by atoms with van der Waals surface area (Å²) in [6, 6.07) is 7.20. The quantitative estimate of drug-likeness (QED) is 0.735. The highest BCUT2D eigenvalue weighted by molar-refractivity contribution is 5.63. The van der Waals surface area contributed by atoms with Crippen LogP contribution in [0.4, 0.5) is 0 Å². The second-order valence-corrected chi connectivity index (χ2v) is 5.51. The zero-order valence-electron chi connectivity index (χ0n) is 11.4. The maximum absolute atomic E-state index is 4.82. The van der Waals surface area contributed by atoms with Crippen LogP contribution in [0, 0.1) is 13.8 Å². The summed E-state index contributed by atoms with van der Waals surface area (Å²) in [7, 11) is 0. The van der Waals surface area contributed by atoms with Gasteiger partial charge in [-0.15, -0.1) is 0 Å². The van der Waals surface area contributed by atoms with Crippen molar-refractivity contribution in [2.45, 2.75) is 46.1 Å². The fourth-order valence-corrected chi connectivity index (χ4v) is 2.92. The Bertz CT molecular complexity index is 581. The van der Waals surface area contributed by atoms with Crippen LogP contribution < -0.4 is 0 Å². The molecular weight excluding hydrogens is 220 g/mol. The average Bonchev–Trinajstić information content (AvgIpc) is 2.74. The number of hydrogen-bond donors (Lipinski definition) is 0. The molecule has 2 nitrogen and oxygen atoms in total. The monoisotopic (exact) mass is 240 g/mol. The van der Waals surface area contributed by atoms with Crippen molar-refractivity contribution in [2.24, 2.45) is 0 Å². The van der Waals surface area contributed by atoms with E-state index in [1.54, 1.807) is 0 Å². The highest BCUT2D eigenvalue weighted by Crippen LogP contribution is 2.29. The smallest absolute Gasteiger partial charge is 0.109 e. The summed E-state index contributed by atoms with van der Waals surface area (Å²) < 4.78 is 2.36. The van der Waals surface area contributed by atoms with Crippen molar-refractivity contribution < 1.29 is 0 Å². The molecule has 18 heavy (non-hydrogen) atoms. The molecule has 1 aromatic carbocycles. The van der Waals surface area contributed by atoms with Crippen molar-refractivity contribution in [3.05, 3.63) is 41.3 Å². The third kappa shape index (κ3) is 1.86. The van der Waals surface area contributed by atoms with Gasteiger partial charge in [0.1, 0.15) is 5.82 Å². The average molecular weight is 240 g/mol. The van der Waals surface area contributed by atoms with E-state index in [0.29, 0.717) is 6.04 Å². The van der Waals surface area contributed by atoms with Gasteiger partial charge in [-0.2, -0.15) is 0 Å². The first-order valence-electron chi connectivity index (χ1n) is 6.80. The second-order valence-electron chi connectivity index (χ2n) is 5.51. The minimum atomic E-state index is 0.598. The van der Waals surface area contributed by atoms with Gasteiger partial charge in [0.25, 0.3) is 0 Å². The minimum Gasteiger partial charge on any atom is -0.331 e. The van der Waals surface area contributed by atoms with Gasteiger partial charge in [0.15, 0.2) is 0 Å². The van der Waals surface area contributed by atoms with Gasteiger partial charge in [-0.25, -0.2) is 4.98 Å². The van der Waals surface area contributed by atoms with Crippen LogP contribution in [0.3, 0.4) is 0 Å². The van der Waals surface area contributed by atoms with Gasteiger partial charge >= 0.3 is 0 Å². The summed E-state index contributed by atoms with van der Waals surface area (Å²) in [4.78, 5) is 4.82. The van der Waals surface area contributed by atoms with E-state index in [0.717, 1.165) is 12.1 Å². The Morgan fingerprint density at radius 2 is 2.11 bits per heavy atom. The number of rotatable bonds is 1. The SMILES string of the molecule is Cc1ccc(-c2cn3c(n2)CCCC3C)c(C)c1. The summed E-state index contributed by atoms with van der Waals surface area (Å²) in [6.07, 6.45) is 5.90. The molecule has 0 fully saturated rings. The highest BCUT2D eigenvalue weighted by Gasteiger charge is 2.18. The Hall–Kier alpha value is -1.57. The van der Waals surface area contributed by atoms with E-state index < -0.39 is 0 Å². The molecule has 1 atom stereocenters. The number of aryl methyl sites for hydroxylation is 3. The summed E-state index contributed by atoms with van der Waals surface area (Å²) in [5, 5.41) is 0. The van der Waals surface area contributed by atoms with Crippen molar-refractivity contribution in [1.29, 1.82) is 0 Å². The molecule has 1 aromatic heterocycles. The first-order chi connectivity index (χ1) is 8.65. The molecule has 3 rings (SSSR count). The van der Waals surface area contributed by atoms with Crippen molar-refractivity contribution in [3.63, 3.8) is 0 Å². The maximum atomic E-state index is 4.82. The van der Waals surface area contributed by atoms with Gasteiger partial charge in [-0.3, -0.25) is 0 Å². The molecule has 2 heteroatoms. The lowest BCUT2D eigenvalue weighted by molar-refractivity contribution is 0.426. The Morgan fingerprint density at radius 1 is 1.28 bits per heavy atom. The lowest BCUT2D eigenvalue weighted by Gasteiger charge is -2.20. The third-order valence-electron chi connectivity index (χ3n) is 3.96. The van der Waals surface area contributed by atoms with Crippen LogP contribution in [-0.4, -0.2) is 9.55 Å². The van der Waals surface area contributed by atoms with Gasteiger partial charge in [0.2, 0.25) is 0 Å². The van der Waals surface area contributed by atoms with Gasteiger partial charge in [0, 0.05) is 24.2 Å². The number of imidazole rings is 1. The second kappa shape index (κ2) is 4.27. The van der Waals surface area contributed by atoms with Crippen molar-refractivity contribution in [3.8, 4) is 11.3 Å². The summed E-state index contributed by atoms with van der Waals surface area (Å²) >= 11 is 0. The Balaban J connectivity index is 2.07. The maximum Gasteiger partial charge on any atom is 0.109 e. The largest absolute Gasteiger partial charge is 0.331 e. The van der Waals surface area contributed by atoms with Gasteiger partial charge < -0.3 is 4.57 Å². The van der Waals surface area contributed by atoms with Crippen LogP contribution in [0.5, 0.6) is 0 Å². The summed E-state index contributed by atoms with van der Waals surface area (Å²) in [5.41, 5.74) is 5.04. The van der Waals surface area contributed by atoms with Crippen LogP contribution >= 0.6 is 0 Å². The summed E-state index contributed by atoms with van der Waals surface area (Å²) in [5.74, 6) is 1.25. The lowest BCUT2D eigenvalue weighted by Crippen LogP contribution is -2.14. The van der Waals surface area contributed by atoms with Crippen molar-refractivity contribution in [2.75, 3.05) is 0 Å². The predicted octanol–water partition coefficient (Wildman–Crippen LogP) is 4.06. The van der Waals surface area contributed by atoms with Gasteiger partial charge in [-0.1, -0.05) is 23.8 Å². The molecule has 2 aromatic rings. The Kier molecular flexibility index (Phi) is 2.73. The van der Waals surface area contributed by atoms with E-state index >= 15 is 0 Å². The molecule has 94 valence electrons. The molecule has 0 saturated heterocycles. The highest BCUT2D eigenvalue weighted by atomic mass is 15.1. The molecule has 0 saturated carbocycles. The van der Waals surface area contributed by atoms with Gasteiger partial charge in [-0.05, 0) is 39.2 Å². The lowest BCUT2D eigenvalue weighted by atomic mass is 10.0. The van der Waals surface area contributed by atoms with Crippen LogP contribution in [0.15, 0.2) is 24.4 Å². The number of aromatic nitrogens is 2. The van der Waals surface area contributed by atoms with E-state index in [1.807, 2.05) is 0 Å². The number of nitrogens with zero attached hydrogens (tertiary/aromatic N) is 2. The fourth-order valence-electron chi connectivity index (χ4n) is 2.92. The van der Waals surface area contributed by atoms with Crippen molar-refractivity contribution >= 4 is 0 Å². The van der Waals surface area contributed by atoms with Crippen LogP contribution in [-0.2, 0) is 6.42 Å². The molecule has 1 unspecified atom stereocenters. The Morgan fingerprint density at radius 3 is 2.83 bits per heavy atom. The van der Waals surface area contributed by atoms with Crippen LogP contribution in [0.25, 0.3) is 11.3 Å². The Labute approximate surface area is 109 Å². The molecule has 0 radical (unpaired) electrons. The number of fused-ring (bicyclic) bond motifs is 1. The van der Waals surface area contributed by atoms with Crippen molar-refractivity contribution in [1.82, 2.24) is 9.55 Å². The molecule has 0 amide bonds. The van der Waals surface area contributed by atoms with Crippen LogP contribution in [0.2, 0.25) is 0 Å². The third-order valence-corrected chi connectivity index (χ3v) is 3.96. The predicted molar refractivity (Wildman–Crippen MR) is 74.8 cm³/mol. The molecule has 1 aliphatic rings. The first kappa shape index (κ1) is 11.5.